The topological polar surface area (TPSA) is 56.9 Å². The average molecular weight is 388 g/mol. The van der Waals surface area contributed by atoms with E-state index in [1.54, 1.807) is 6.20 Å². The summed E-state index contributed by atoms with van der Waals surface area (Å²) in [4.78, 5) is 4.30. The summed E-state index contributed by atoms with van der Waals surface area (Å²) in [6.45, 7) is 9.97. The van der Waals surface area contributed by atoms with E-state index in [2.05, 4.69) is 35.0 Å². The molecule has 0 aromatic carbocycles. The largest absolute Gasteiger partial charge is 0.361 e. The number of hydrogen-bond acceptors (Lipinski definition) is 4. The minimum atomic E-state index is -1.11. The second-order valence-electron chi connectivity index (χ2n) is 8.37. The molecule has 1 aliphatic rings. The predicted octanol–water partition coefficient (Wildman–Crippen LogP) is 3.50. The van der Waals surface area contributed by atoms with Gasteiger partial charge < -0.3 is 14.6 Å². The maximum atomic E-state index is 14.6. The molecule has 3 aromatic heterocycles. The molecule has 0 bridgehead atoms. The van der Waals surface area contributed by atoms with E-state index >= 15 is 0 Å². The van der Waals surface area contributed by atoms with E-state index < -0.39 is 8.07 Å². The molecule has 1 aliphatic heterocycles. The van der Waals surface area contributed by atoms with E-state index in [1.165, 1.54) is 6.20 Å². The van der Waals surface area contributed by atoms with Crippen LogP contribution in [0, 0.1) is 5.82 Å². The predicted molar refractivity (Wildman–Crippen MR) is 107 cm³/mol. The van der Waals surface area contributed by atoms with E-state index in [0.29, 0.717) is 18.3 Å². The number of nitrogens with zero attached hydrogens (tertiary/aromatic N) is 4. The fraction of sp³-hybridized carbons (Fsp3) is 0.474. The fourth-order valence-corrected chi connectivity index (χ4v) is 3.94. The lowest BCUT2D eigenvalue weighted by Crippen LogP contribution is -2.43. The summed E-state index contributed by atoms with van der Waals surface area (Å²) in [7, 11) is -1.11. The lowest BCUT2D eigenvalue weighted by atomic mass is 10.1. The number of aromatic nitrogens is 4. The van der Waals surface area contributed by atoms with E-state index in [-0.39, 0.29) is 5.82 Å². The molecule has 3 aromatic rings. The third-order valence-electron chi connectivity index (χ3n) is 4.99. The Morgan fingerprint density at radius 3 is 2.81 bits per heavy atom. The zero-order chi connectivity index (χ0) is 19.0. The van der Waals surface area contributed by atoms with Crippen LogP contribution >= 0.6 is 0 Å². The number of nitrogens with one attached hydrogen (secondary N) is 1. The average Bonchev–Trinajstić information content (AvgIpc) is 3.16. The number of rotatable bonds is 7. The quantitative estimate of drug-likeness (QED) is 0.498. The van der Waals surface area contributed by atoms with E-state index in [0.717, 1.165) is 42.3 Å². The summed E-state index contributed by atoms with van der Waals surface area (Å²) in [5.74, 6) is -0.328. The Balaban J connectivity index is 1.57. The Morgan fingerprint density at radius 1 is 1.30 bits per heavy atom. The van der Waals surface area contributed by atoms with Gasteiger partial charge >= 0.3 is 0 Å². The normalized spacial score (nSPS) is 15.4. The van der Waals surface area contributed by atoms with Crippen LogP contribution in [0.5, 0.6) is 0 Å². The number of pyridine rings is 1. The lowest BCUT2D eigenvalue weighted by molar-refractivity contribution is 0.0899. The summed E-state index contributed by atoms with van der Waals surface area (Å²) in [5.41, 5.74) is 2.07. The van der Waals surface area contributed by atoms with E-state index in [9.17, 15) is 4.39 Å². The second-order valence-corrected chi connectivity index (χ2v) is 14.0. The van der Waals surface area contributed by atoms with Crippen molar-refractivity contribution in [1.82, 2.24) is 24.6 Å². The molecule has 4 heterocycles. The molecule has 0 saturated carbocycles. The molecule has 0 unspecified atom stereocenters. The molecule has 1 saturated heterocycles. The van der Waals surface area contributed by atoms with Gasteiger partial charge in [0.05, 0.1) is 18.4 Å². The Kier molecular flexibility index (Phi) is 4.87. The van der Waals surface area contributed by atoms with Crippen molar-refractivity contribution in [3.63, 3.8) is 0 Å². The molecule has 4 rings (SSSR count). The van der Waals surface area contributed by atoms with E-state index in [1.807, 2.05) is 27.7 Å². The van der Waals surface area contributed by atoms with Crippen LogP contribution < -0.4 is 5.32 Å². The van der Waals surface area contributed by atoms with Crippen LogP contribution in [0.15, 0.2) is 30.9 Å². The third-order valence-corrected chi connectivity index (χ3v) is 6.70. The molecule has 0 amide bonds. The second kappa shape index (κ2) is 7.18. The molecule has 144 valence electrons. The maximum Gasteiger partial charge on any atom is 0.150 e. The minimum absolute atomic E-state index is 0.328. The van der Waals surface area contributed by atoms with Crippen molar-refractivity contribution in [2.24, 2.45) is 0 Å². The van der Waals surface area contributed by atoms with Gasteiger partial charge in [-0.25, -0.2) is 9.37 Å². The van der Waals surface area contributed by atoms with Crippen molar-refractivity contribution in [1.29, 1.82) is 0 Å². The number of hydrogen-bond donors (Lipinski definition) is 1. The Hall–Kier alpha value is -2.03. The minimum Gasteiger partial charge on any atom is -0.361 e. The highest BCUT2D eigenvalue weighted by molar-refractivity contribution is 6.76. The van der Waals surface area contributed by atoms with Crippen molar-refractivity contribution in [3.8, 4) is 11.1 Å². The fourth-order valence-electron chi connectivity index (χ4n) is 3.18. The van der Waals surface area contributed by atoms with Crippen molar-refractivity contribution in [2.45, 2.75) is 38.5 Å². The van der Waals surface area contributed by atoms with Crippen molar-refractivity contribution >= 4 is 19.1 Å². The Morgan fingerprint density at radius 2 is 2.11 bits per heavy atom. The summed E-state index contributed by atoms with van der Waals surface area (Å²) in [6.07, 6.45) is 6.86. The lowest BCUT2D eigenvalue weighted by Gasteiger charge is -2.27. The first-order valence-electron chi connectivity index (χ1n) is 9.39. The van der Waals surface area contributed by atoms with Crippen LogP contribution in [0.25, 0.3) is 22.2 Å². The molecule has 6 nitrogen and oxygen atoms in total. The van der Waals surface area contributed by atoms with Crippen LogP contribution in [0.1, 0.15) is 6.04 Å². The van der Waals surface area contributed by atoms with Gasteiger partial charge in [-0.05, 0) is 12.1 Å². The zero-order valence-corrected chi connectivity index (χ0v) is 17.1. The van der Waals surface area contributed by atoms with Gasteiger partial charge in [0.1, 0.15) is 18.2 Å². The zero-order valence-electron chi connectivity index (χ0n) is 16.1. The highest BCUT2D eigenvalue weighted by Gasteiger charge is 2.21. The van der Waals surface area contributed by atoms with Gasteiger partial charge in [0.25, 0.3) is 0 Å². The van der Waals surface area contributed by atoms with Crippen molar-refractivity contribution < 1.29 is 9.13 Å². The van der Waals surface area contributed by atoms with Crippen LogP contribution in [-0.2, 0) is 11.5 Å². The first kappa shape index (κ1) is 18.3. The highest BCUT2D eigenvalue weighted by atomic mass is 28.3. The third kappa shape index (κ3) is 3.83. The van der Waals surface area contributed by atoms with Crippen molar-refractivity contribution in [2.75, 3.05) is 19.7 Å². The number of halogens is 1. The van der Waals surface area contributed by atoms with Crippen LogP contribution in [-0.4, -0.2) is 47.1 Å². The van der Waals surface area contributed by atoms with Crippen LogP contribution in [0.4, 0.5) is 4.39 Å². The summed E-state index contributed by atoms with van der Waals surface area (Å²) < 4.78 is 24.3. The first-order chi connectivity index (χ1) is 12.9. The highest BCUT2D eigenvalue weighted by Crippen LogP contribution is 2.31. The first-order valence-corrected chi connectivity index (χ1v) is 13.1. The Labute approximate surface area is 159 Å². The maximum absolute atomic E-state index is 14.6. The Bertz CT molecular complexity index is 941. The van der Waals surface area contributed by atoms with Crippen LogP contribution in [0.3, 0.4) is 0 Å². The van der Waals surface area contributed by atoms with Gasteiger partial charge in [-0.3, -0.25) is 4.68 Å². The summed E-state index contributed by atoms with van der Waals surface area (Å²) in [6, 6.07) is 3.38. The molecular formula is C19H26FN5OSi. The number of ether oxygens (including phenoxy) is 1. The summed E-state index contributed by atoms with van der Waals surface area (Å²) >= 11 is 0. The molecule has 0 atom stereocenters. The van der Waals surface area contributed by atoms with Crippen molar-refractivity contribution in [3.05, 3.63) is 36.7 Å². The standard InChI is InChI=1S/C19H26FN5OSi/c1-27(2,3)7-6-26-13-24-5-4-16-18(17(20)11-22-19(16)24)14-8-23-25(12-14)15-9-21-10-15/h4-5,8,11-12,15,21H,6-7,9-10,13H2,1-3H3. The molecule has 0 aliphatic carbocycles. The van der Waals surface area contributed by atoms with E-state index in [4.69, 9.17) is 4.74 Å². The smallest absolute Gasteiger partial charge is 0.150 e. The van der Waals surface area contributed by atoms with Gasteiger partial charge in [0.2, 0.25) is 0 Å². The molecule has 8 heteroatoms. The van der Waals surface area contributed by atoms with Gasteiger partial charge in [0, 0.05) is 56.7 Å². The SMILES string of the molecule is C[Si](C)(C)CCOCn1ccc2c(-c3cnn(C4CNC4)c3)c(F)cnc21. The van der Waals surface area contributed by atoms with Gasteiger partial charge in [-0.15, -0.1) is 0 Å². The van der Waals surface area contributed by atoms with Crippen LogP contribution in [0.2, 0.25) is 25.7 Å². The van der Waals surface area contributed by atoms with Gasteiger partial charge in [-0.2, -0.15) is 5.10 Å². The van der Waals surface area contributed by atoms with Gasteiger partial charge in [0.15, 0.2) is 0 Å². The molecule has 0 radical (unpaired) electrons. The molecule has 1 N–H and O–H groups in total. The molecular weight excluding hydrogens is 361 g/mol. The molecule has 1 fully saturated rings. The van der Waals surface area contributed by atoms with Gasteiger partial charge in [-0.1, -0.05) is 19.6 Å². The monoisotopic (exact) mass is 387 g/mol. The summed E-state index contributed by atoms with van der Waals surface area (Å²) in [5, 5.41) is 8.43. The number of fused-ring (bicyclic) bond motifs is 1. The molecule has 0 spiro atoms. The molecule has 27 heavy (non-hydrogen) atoms.